The van der Waals surface area contributed by atoms with Crippen LogP contribution in [0.5, 0.6) is 0 Å². The first kappa shape index (κ1) is 19.7. The number of amides is 2. The maximum absolute atomic E-state index is 12.8. The predicted molar refractivity (Wildman–Crippen MR) is 102 cm³/mol. The van der Waals surface area contributed by atoms with Crippen LogP contribution in [-0.4, -0.2) is 36.3 Å². The lowest BCUT2D eigenvalue weighted by molar-refractivity contribution is -0.117. The van der Waals surface area contributed by atoms with E-state index in [0.29, 0.717) is 42.3 Å². The summed E-state index contributed by atoms with van der Waals surface area (Å²) in [4.78, 5) is 26.7. The Morgan fingerprint density at radius 2 is 2.04 bits per heavy atom. The van der Waals surface area contributed by atoms with Crippen molar-refractivity contribution < 1.29 is 9.59 Å². The van der Waals surface area contributed by atoms with Crippen molar-refractivity contribution in [1.29, 1.82) is 0 Å². The molecule has 1 heterocycles. The summed E-state index contributed by atoms with van der Waals surface area (Å²) >= 11 is 6.23. The van der Waals surface area contributed by atoms with Crippen LogP contribution >= 0.6 is 11.6 Å². The lowest BCUT2D eigenvalue weighted by atomic mass is 9.90. The normalized spacial score (nSPS) is 20.6. The molecule has 5 nitrogen and oxygen atoms in total. The zero-order valence-electron chi connectivity index (χ0n) is 15.5. The standard InChI is InChI=1S/C19H28ClN3O2/c1-18(2,3)10-16(24)22-13-5-6-15(20)14(9-13)17(25)23-8-7-19(4,11-21)12-23/h5-6,9H,7-8,10-12,21H2,1-4H3,(H,22,24). The third kappa shape index (κ3) is 5.19. The van der Waals surface area contributed by atoms with Gasteiger partial charge in [0.25, 0.3) is 5.91 Å². The summed E-state index contributed by atoms with van der Waals surface area (Å²) in [5.74, 6) is -0.195. The molecule has 0 radical (unpaired) electrons. The summed E-state index contributed by atoms with van der Waals surface area (Å²) < 4.78 is 0. The minimum Gasteiger partial charge on any atom is -0.338 e. The minimum atomic E-state index is -0.117. The molecule has 2 amide bonds. The Labute approximate surface area is 154 Å². The molecular weight excluding hydrogens is 338 g/mol. The molecule has 1 unspecified atom stereocenters. The first-order valence-corrected chi connectivity index (χ1v) is 9.00. The van der Waals surface area contributed by atoms with E-state index in [4.69, 9.17) is 17.3 Å². The number of carbonyl (C=O) groups excluding carboxylic acids is 2. The second kappa shape index (κ2) is 7.34. The zero-order valence-corrected chi connectivity index (χ0v) is 16.2. The molecule has 0 saturated carbocycles. The van der Waals surface area contributed by atoms with Gasteiger partial charge >= 0.3 is 0 Å². The van der Waals surface area contributed by atoms with Crippen LogP contribution in [0.3, 0.4) is 0 Å². The second-order valence-electron chi connectivity index (χ2n) is 8.47. The lowest BCUT2D eigenvalue weighted by Crippen LogP contribution is -2.34. The highest BCUT2D eigenvalue weighted by molar-refractivity contribution is 6.34. The average Bonchev–Trinajstić information content (AvgIpc) is 2.90. The number of carbonyl (C=O) groups is 2. The van der Waals surface area contributed by atoms with Crippen molar-refractivity contribution in [3.05, 3.63) is 28.8 Å². The van der Waals surface area contributed by atoms with E-state index in [2.05, 4.69) is 12.2 Å². The molecular formula is C19H28ClN3O2. The number of hydrogen-bond acceptors (Lipinski definition) is 3. The Hall–Kier alpha value is -1.59. The summed E-state index contributed by atoms with van der Waals surface area (Å²) in [6.45, 7) is 9.95. The van der Waals surface area contributed by atoms with Gasteiger partial charge in [0.15, 0.2) is 0 Å². The van der Waals surface area contributed by atoms with E-state index in [9.17, 15) is 9.59 Å². The molecule has 1 fully saturated rings. The molecule has 25 heavy (non-hydrogen) atoms. The number of benzene rings is 1. The van der Waals surface area contributed by atoms with Gasteiger partial charge in [0.05, 0.1) is 10.6 Å². The number of halogens is 1. The van der Waals surface area contributed by atoms with Crippen molar-refractivity contribution in [2.24, 2.45) is 16.6 Å². The van der Waals surface area contributed by atoms with Crippen molar-refractivity contribution in [2.75, 3.05) is 25.0 Å². The number of nitrogens with two attached hydrogens (primary N) is 1. The smallest absolute Gasteiger partial charge is 0.255 e. The van der Waals surface area contributed by atoms with Crippen molar-refractivity contribution in [2.45, 2.75) is 40.5 Å². The largest absolute Gasteiger partial charge is 0.338 e. The SMILES string of the molecule is CC(C)(C)CC(=O)Nc1ccc(Cl)c(C(=O)N2CCC(C)(CN)C2)c1. The summed E-state index contributed by atoms with van der Waals surface area (Å²) in [5, 5.41) is 3.24. The number of rotatable bonds is 4. The van der Waals surface area contributed by atoms with Gasteiger partial charge in [-0.15, -0.1) is 0 Å². The molecule has 0 bridgehead atoms. The van der Waals surface area contributed by atoms with Gasteiger partial charge in [0, 0.05) is 25.2 Å². The molecule has 3 N–H and O–H groups in total. The van der Waals surface area contributed by atoms with Crippen molar-refractivity contribution >= 4 is 29.1 Å². The number of nitrogens with zero attached hydrogens (tertiary/aromatic N) is 1. The Bertz CT molecular complexity index is 669. The van der Waals surface area contributed by atoms with Gasteiger partial charge in [-0.25, -0.2) is 0 Å². The topological polar surface area (TPSA) is 75.4 Å². The fraction of sp³-hybridized carbons (Fsp3) is 0.579. The maximum atomic E-state index is 12.8. The lowest BCUT2D eigenvalue weighted by Gasteiger charge is -2.23. The fourth-order valence-corrected chi connectivity index (χ4v) is 3.19. The molecule has 0 aromatic heterocycles. The molecule has 1 aromatic carbocycles. The maximum Gasteiger partial charge on any atom is 0.255 e. The van der Waals surface area contributed by atoms with E-state index >= 15 is 0 Å². The highest BCUT2D eigenvalue weighted by atomic mass is 35.5. The molecule has 138 valence electrons. The fourth-order valence-electron chi connectivity index (χ4n) is 2.99. The van der Waals surface area contributed by atoms with E-state index in [1.807, 2.05) is 20.8 Å². The Morgan fingerprint density at radius 3 is 2.60 bits per heavy atom. The number of hydrogen-bond donors (Lipinski definition) is 2. The van der Waals surface area contributed by atoms with E-state index < -0.39 is 0 Å². The second-order valence-corrected chi connectivity index (χ2v) is 8.88. The van der Waals surface area contributed by atoms with Crippen LogP contribution in [0.25, 0.3) is 0 Å². The van der Waals surface area contributed by atoms with E-state index in [1.54, 1.807) is 23.1 Å². The number of anilines is 1. The van der Waals surface area contributed by atoms with Crippen LogP contribution in [0.1, 0.15) is 50.9 Å². The monoisotopic (exact) mass is 365 g/mol. The molecule has 1 saturated heterocycles. The van der Waals surface area contributed by atoms with E-state index in [-0.39, 0.29) is 22.6 Å². The van der Waals surface area contributed by atoms with Gasteiger partial charge in [-0.05, 0) is 42.0 Å². The molecule has 0 spiro atoms. The van der Waals surface area contributed by atoms with Crippen LogP contribution in [0.15, 0.2) is 18.2 Å². The predicted octanol–water partition coefficient (Wildman–Crippen LogP) is 3.53. The van der Waals surface area contributed by atoms with Gasteiger partial charge in [-0.3, -0.25) is 9.59 Å². The third-order valence-electron chi connectivity index (χ3n) is 4.51. The molecule has 1 aliphatic heterocycles. The number of likely N-dealkylation sites (tertiary alicyclic amines) is 1. The summed E-state index contributed by atoms with van der Waals surface area (Å²) in [7, 11) is 0. The van der Waals surface area contributed by atoms with Gasteiger partial charge < -0.3 is 16.0 Å². The molecule has 1 atom stereocenters. The first-order valence-electron chi connectivity index (χ1n) is 8.62. The molecule has 1 aliphatic rings. The Kier molecular flexibility index (Phi) is 5.79. The third-order valence-corrected chi connectivity index (χ3v) is 4.84. The van der Waals surface area contributed by atoms with Gasteiger partial charge in [0.2, 0.25) is 5.91 Å². The average molecular weight is 366 g/mol. The molecule has 2 rings (SSSR count). The summed E-state index contributed by atoms with van der Waals surface area (Å²) in [6.07, 6.45) is 1.29. The highest BCUT2D eigenvalue weighted by Gasteiger charge is 2.35. The molecule has 1 aromatic rings. The van der Waals surface area contributed by atoms with Crippen LogP contribution < -0.4 is 11.1 Å². The molecule has 6 heteroatoms. The van der Waals surface area contributed by atoms with Gasteiger partial charge in [-0.2, -0.15) is 0 Å². The van der Waals surface area contributed by atoms with Crippen molar-refractivity contribution in [3.63, 3.8) is 0 Å². The van der Waals surface area contributed by atoms with Crippen LogP contribution in [-0.2, 0) is 4.79 Å². The molecule has 0 aliphatic carbocycles. The summed E-state index contributed by atoms with van der Waals surface area (Å²) in [6, 6.07) is 5.02. The van der Waals surface area contributed by atoms with Gasteiger partial charge in [-0.1, -0.05) is 39.3 Å². The van der Waals surface area contributed by atoms with Crippen molar-refractivity contribution in [1.82, 2.24) is 4.90 Å². The Balaban J connectivity index is 2.14. The van der Waals surface area contributed by atoms with E-state index in [0.717, 1.165) is 6.42 Å². The van der Waals surface area contributed by atoms with Crippen LogP contribution in [0, 0.1) is 10.8 Å². The van der Waals surface area contributed by atoms with Gasteiger partial charge in [0.1, 0.15) is 0 Å². The Morgan fingerprint density at radius 1 is 1.36 bits per heavy atom. The number of nitrogens with one attached hydrogen (secondary N) is 1. The quantitative estimate of drug-likeness (QED) is 0.857. The first-order chi connectivity index (χ1) is 11.5. The highest BCUT2D eigenvalue weighted by Crippen LogP contribution is 2.31. The van der Waals surface area contributed by atoms with E-state index in [1.165, 1.54) is 0 Å². The van der Waals surface area contributed by atoms with Crippen LogP contribution in [0.4, 0.5) is 5.69 Å². The van der Waals surface area contributed by atoms with Crippen molar-refractivity contribution in [3.8, 4) is 0 Å². The van der Waals surface area contributed by atoms with Crippen LogP contribution in [0.2, 0.25) is 5.02 Å². The summed E-state index contributed by atoms with van der Waals surface area (Å²) in [5.41, 5.74) is 6.68. The zero-order chi connectivity index (χ0) is 18.8. The minimum absolute atomic E-state index is 0.0410.